The van der Waals surface area contributed by atoms with Crippen LogP contribution >= 0.6 is 0 Å². The molecule has 1 aromatic rings. The Balaban J connectivity index is 3.09. The third-order valence-electron chi connectivity index (χ3n) is 1.70. The van der Waals surface area contributed by atoms with Gasteiger partial charge < -0.3 is 4.74 Å². The number of nitrogens with zero attached hydrogens (tertiary/aromatic N) is 1. The van der Waals surface area contributed by atoms with E-state index < -0.39 is 0 Å². The van der Waals surface area contributed by atoms with Gasteiger partial charge in [0.15, 0.2) is 0 Å². The van der Waals surface area contributed by atoms with Crippen molar-refractivity contribution in [2.75, 3.05) is 7.11 Å². The van der Waals surface area contributed by atoms with Crippen LogP contribution in [0.1, 0.15) is 16.8 Å². The predicted octanol–water partition coefficient (Wildman–Crippen LogP) is 1.67. The summed E-state index contributed by atoms with van der Waals surface area (Å²) >= 11 is 0. The molecule has 3 nitrogen and oxygen atoms in total. The Bertz CT molecular complexity index is 307. The van der Waals surface area contributed by atoms with E-state index in [0.29, 0.717) is 0 Å². The molecule has 12 heavy (non-hydrogen) atoms. The molecule has 0 aromatic carbocycles. The van der Waals surface area contributed by atoms with Crippen molar-refractivity contribution in [3.8, 4) is 0 Å². The lowest BCUT2D eigenvalue weighted by molar-refractivity contribution is 0.400. The van der Waals surface area contributed by atoms with E-state index in [-0.39, 0.29) is 5.90 Å². The van der Waals surface area contributed by atoms with Crippen LogP contribution in [-0.2, 0) is 4.74 Å². The maximum Gasteiger partial charge on any atom is 0.214 e. The highest BCUT2D eigenvalue weighted by atomic mass is 16.5. The molecular weight excluding hydrogens is 152 g/mol. The van der Waals surface area contributed by atoms with Gasteiger partial charge in [-0.05, 0) is 25.5 Å². The van der Waals surface area contributed by atoms with Crippen LogP contribution in [0, 0.1) is 19.3 Å². The van der Waals surface area contributed by atoms with E-state index in [0.717, 1.165) is 16.8 Å². The minimum Gasteiger partial charge on any atom is -0.481 e. The largest absolute Gasteiger partial charge is 0.481 e. The average molecular weight is 164 g/mol. The lowest BCUT2D eigenvalue weighted by atomic mass is 10.1. The molecule has 0 saturated carbocycles. The van der Waals surface area contributed by atoms with Gasteiger partial charge in [0, 0.05) is 11.9 Å². The quantitative estimate of drug-likeness (QED) is 0.507. The molecule has 64 valence electrons. The average Bonchev–Trinajstić information content (AvgIpc) is 2.03. The predicted molar refractivity (Wildman–Crippen MR) is 47.5 cm³/mol. The van der Waals surface area contributed by atoms with Gasteiger partial charge in [0.2, 0.25) is 5.90 Å². The molecule has 0 spiro atoms. The minimum absolute atomic E-state index is 0.167. The number of ether oxygens (including phenoxy) is 1. The second kappa shape index (κ2) is 3.34. The van der Waals surface area contributed by atoms with Crippen LogP contribution in [0.4, 0.5) is 0 Å². The fourth-order valence-corrected chi connectivity index (χ4v) is 1.04. The number of nitrogens with one attached hydrogen (secondary N) is 1. The van der Waals surface area contributed by atoms with Gasteiger partial charge in [0.05, 0.1) is 12.7 Å². The molecule has 0 unspecified atom stereocenters. The highest BCUT2D eigenvalue weighted by Crippen LogP contribution is 2.08. The van der Waals surface area contributed by atoms with E-state index >= 15 is 0 Å². The monoisotopic (exact) mass is 164 g/mol. The second-order valence-electron chi connectivity index (χ2n) is 2.67. The Morgan fingerprint density at radius 2 is 2.17 bits per heavy atom. The number of aryl methyl sites for hydroxylation is 2. The van der Waals surface area contributed by atoms with Crippen LogP contribution in [-0.4, -0.2) is 18.0 Å². The van der Waals surface area contributed by atoms with Gasteiger partial charge >= 0.3 is 0 Å². The van der Waals surface area contributed by atoms with Crippen LogP contribution in [0.2, 0.25) is 0 Å². The van der Waals surface area contributed by atoms with Gasteiger partial charge in [-0.1, -0.05) is 0 Å². The maximum absolute atomic E-state index is 7.43. The third-order valence-corrected chi connectivity index (χ3v) is 1.70. The van der Waals surface area contributed by atoms with Gasteiger partial charge in [-0.2, -0.15) is 0 Å². The van der Waals surface area contributed by atoms with Crippen molar-refractivity contribution in [2.24, 2.45) is 0 Å². The molecular formula is C9H12N2O. The molecule has 0 saturated heterocycles. The Morgan fingerprint density at radius 1 is 1.50 bits per heavy atom. The second-order valence-corrected chi connectivity index (χ2v) is 2.67. The minimum atomic E-state index is 0.167. The first kappa shape index (κ1) is 8.71. The van der Waals surface area contributed by atoms with Crippen molar-refractivity contribution < 1.29 is 4.74 Å². The third kappa shape index (κ3) is 1.61. The van der Waals surface area contributed by atoms with E-state index in [1.807, 2.05) is 19.9 Å². The first-order valence-corrected chi connectivity index (χ1v) is 3.71. The van der Waals surface area contributed by atoms with Gasteiger partial charge in [-0.15, -0.1) is 0 Å². The highest BCUT2D eigenvalue weighted by Gasteiger charge is 2.04. The van der Waals surface area contributed by atoms with E-state index in [1.54, 1.807) is 6.20 Å². The SMILES string of the molecule is COC(=N)c1cnc(C)cc1C. The number of hydrogen-bond donors (Lipinski definition) is 1. The molecule has 1 heterocycles. The van der Waals surface area contributed by atoms with Crippen molar-refractivity contribution >= 4 is 5.90 Å². The summed E-state index contributed by atoms with van der Waals surface area (Å²) in [5.74, 6) is 0.167. The molecule has 0 atom stereocenters. The summed E-state index contributed by atoms with van der Waals surface area (Å²) in [5, 5.41) is 7.43. The molecule has 0 amide bonds. The standard InChI is InChI=1S/C9H12N2O/c1-6-4-7(2)11-5-8(6)9(10)12-3/h4-5,10H,1-3H3. The Morgan fingerprint density at radius 3 is 2.67 bits per heavy atom. The Kier molecular flexibility index (Phi) is 2.43. The van der Waals surface area contributed by atoms with Crippen LogP contribution in [0.25, 0.3) is 0 Å². The van der Waals surface area contributed by atoms with Crippen LogP contribution in [0.15, 0.2) is 12.3 Å². The summed E-state index contributed by atoms with van der Waals surface area (Å²) in [6.07, 6.45) is 1.66. The maximum atomic E-state index is 7.43. The first-order valence-electron chi connectivity index (χ1n) is 3.71. The summed E-state index contributed by atoms with van der Waals surface area (Å²) < 4.78 is 4.80. The number of methoxy groups -OCH3 is 1. The van der Waals surface area contributed by atoms with Crippen molar-refractivity contribution in [3.63, 3.8) is 0 Å². The first-order chi connectivity index (χ1) is 5.65. The lowest BCUT2D eigenvalue weighted by Crippen LogP contribution is -2.04. The zero-order valence-electron chi connectivity index (χ0n) is 7.51. The number of hydrogen-bond acceptors (Lipinski definition) is 3. The number of pyridine rings is 1. The highest BCUT2D eigenvalue weighted by molar-refractivity contribution is 5.92. The van der Waals surface area contributed by atoms with Gasteiger partial charge in [-0.3, -0.25) is 10.4 Å². The van der Waals surface area contributed by atoms with E-state index in [4.69, 9.17) is 10.1 Å². The Labute approximate surface area is 71.9 Å². The van der Waals surface area contributed by atoms with Crippen LogP contribution in [0.3, 0.4) is 0 Å². The molecule has 1 rings (SSSR count). The molecule has 0 fully saturated rings. The summed E-state index contributed by atoms with van der Waals surface area (Å²) in [6.45, 7) is 3.87. The topological polar surface area (TPSA) is 46.0 Å². The fraction of sp³-hybridized carbons (Fsp3) is 0.333. The van der Waals surface area contributed by atoms with Gasteiger partial charge in [-0.25, -0.2) is 0 Å². The summed E-state index contributed by atoms with van der Waals surface area (Å²) in [7, 11) is 1.49. The molecule has 1 N–H and O–H groups in total. The fourth-order valence-electron chi connectivity index (χ4n) is 1.04. The van der Waals surface area contributed by atoms with Crippen molar-refractivity contribution in [3.05, 3.63) is 29.1 Å². The smallest absolute Gasteiger partial charge is 0.214 e. The molecule has 0 aliphatic rings. The lowest BCUT2D eigenvalue weighted by Gasteiger charge is -2.05. The van der Waals surface area contributed by atoms with E-state index in [1.165, 1.54) is 7.11 Å². The summed E-state index contributed by atoms with van der Waals surface area (Å²) in [6, 6.07) is 1.93. The normalized spacial score (nSPS) is 9.58. The van der Waals surface area contributed by atoms with Crippen molar-refractivity contribution in [1.29, 1.82) is 5.41 Å². The molecule has 1 aromatic heterocycles. The van der Waals surface area contributed by atoms with E-state index in [2.05, 4.69) is 4.98 Å². The molecule has 0 aliphatic heterocycles. The van der Waals surface area contributed by atoms with Crippen molar-refractivity contribution in [2.45, 2.75) is 13.8 Å². The number of rotatable bonds is 1. The molecule has 0 bridgehead atoms. The van der Waals surface area contributed by atoms with Gasteiger partial charge in [0.1, 0.15) is 0 Å². The zero-order chi connectivity index (χ0) is 9.14. The molecule has 3 heteroatoms. The van der Waals surface area contributed by atoms with Crippen LogP contribution < -0.4 is 0 Å². The zero-order valence-corrected chi connectivity index (χ0v) is 7.51. The summed E-state index contributed by atoms with van der Waals surface area (Å²) in [4.78, 5) is 4.09. The van der Waals surface area contributed by atoms with E-state index in [9.17, 15) is 0 Å². The summed E-state index contributed by atoms with van der Waals surface area (Å²) in [5.41, 5.74) is 2.73. The van der Waals surface area contributed by atoms with Gasteiger partial charge in [0.25, 0.3) is 0 Å². The molecule has 0 aliphatic carbocycles. The van der Waals surface area contributed by atoms with Crippen molar-refractivity contribution in [1.82, 2.24) is 4.98 Å². The molecule has 0 radical (unpaired) electrons. The Hall–Kier alpha value is -1.38. The number of aromatic nitrogens is 1. The van der Waals surface area contributed by atoms with Crippen LogP contribution in [0.5, 0.6) is 0 Å².